The Labute approximate surface area is 180 Å². The van der Waals surface area contributed by atoms with Crippen LogP contribution in [-0.2, 0) is 6.61 Å². The zero-order chi connectivity index (χ0) is 21.1. The van der Waals surface area contributed by atoms with Gasteiger partial charge in [-0.2, -0.15) is 0 Å². The first kappa shape index (κ1) is 20.4. The van der Waals surface area contributed by atoms with Crippen LogP contribution in [0, 0.1) is 6.92 Å². The minimum absolute atomic E-state index is 0.0437. The lowest BCUT2D eigenvalue weighted by Crippen LogP contribution is -2.25. The smallest absolute Gasteiger partial charge is 0.232 e. The van der Waals surface area contributed by atoms with Gasteiger partial charge in [0.15, 0.2) is 5.78 Å². The van der Waals surface area contributed by atoms with Crippen molar-refractivity contribution in [2.24, 2.45) is 0 Å². The molecule has 3 aromatic rings. The molecule has 0 amide bonds. The molecule has 2 aromatic carbocycles. The highest BCUT2D eigenvalue weighted by Crippen LogP contribution is 2.29. The van der Waals surface area contributed by atoms with Crippen LogP contribution in [0.25, 0.3) is 0 Å². The van der Waals surface area contributed by atoms with Crippen molar-refractivity contribution in [2.75, 3.05) is 18.0 Å². The van der Waals surface area contributed by atoms with E-state index in [-0.39, 0.29) is 18.5 Å². The van der Waals surface area contributed by atoms with Crippen LogP contribution in [0.5, 0.6) is 5.88 Å². The largest absolute Gasteiger partial charge is 0.471 e. The first-order valence-corrected chi connectivity index (χ1v) is 10.3. The number of anilines is 1. The summed E-state index contributed by atoms with van der Waals surface area (Å²) in [5, 5.41) is 10.4. The zero-order valence-electron chi connectivity index (χ0n) is 16.7. The van der Waals surface area contributed by atoms with E-state index >= 15 is 0 Å². The third kappa shape index (κ3) is 4.32. The molecule has 30 heavy (non-hydrogen) atoms. The molecule has 0 aliphatic carbocycles. The standard InChI is InChI=1S/C24H23ClN2O3/c1-16-4-6-17(7-5-16)23(29)18-8-9-22(19(13-18)15-28)27-12-10-20(14-27)30-24-21(25)3-2-11-26-24/h2-9,11,13,20,28H,10,12,14-15H2,1H3. The zero-order valence-corrected chi connectivity index (χ0v) is 17.5. The summed E-state index contributed by atoms with van der Waals surface area (Å²) >= 11 is 6.14. The second kappa shape index (κ2) is 8.86. The number of hydrogen-bond acceptors (Lipinski definition) is 5. The van der Waals surface area contributed by atoms with Gasteiger partial charge in [-0.1, -0.05) is 41.4 Å². The van der Waals surface area contributed by atoms with Crippen LogP contribution in [0.3, 0.4) is 0 Å². The third-order valence-corrected chi connectivity index (χ3v) is 5.60. The van der Waals surface area contributed by atoms with Crippen LogP contribution in [0.1, 0.15) is 33.5 Å². The number of benzene rings is 2. The number of ether oxygens (including phenoxy) is 1. The SMILES string of the molecule is Cc1ccc(C(=O)c2ccc(N3CCC(Oc4ncccc4Cl)C3)c(CO)c2)cc1. The molecule has 0 saturated carbocycles. The van der Waals surface area contributed by atoms with Gasteiger partial charge >= 0.3 is 0 Å². The summed E-state index contributed by atoms with van der Waals surface area (Å²) in [6.45, 7) is 3.29. The molecule has 0 bridgehead atoms. The molecule has 1 saturated heterocycles. The summed E-state index contributed by atoms with van der Waals surface area (Å²) in [5.41, 5.74) is 3.95. The summed E-state index contributed by atoms with van der Waals surface area (Å²) in [5.74, 6) is 0.385. The summed E-state index contributed by atoms with van der Waals surface area (Å²) in [6, 6.07) is 16.5. The lowest BCUT2D eigenvalue weighted by Gasteiger charge is -2.22. The molecule has 1 aromatic heterocycles. The first-order chi connectivity index (χ1) is 14.5. The Kier molecular flexibility index (Phi) is 6.02. The van der Waals surface area contributed by atoms with Gasteiger partial charge in [0, 0.05) is 41.5 Å². The molecular formula is C24H23ClN2O3. The van der Waals surface area contributed by atoms with E-state index < -0.39 is 0 Å². The van der Waals surface area contributed by atoms with Crippen LogP contribution in [0.15, 0.2) is 60.8 Å². The highest BCUT2D eigenvalue weighted by Gasteiger charge is 2.27. The second-order valence-electron chi connectivity index (χ2n) is 7.46. The van der Waals surface area contributed by atoms with Crippen molar-refractivity contribution in [3.63, 3.8) is 0 Å². The van der Waals surface area contributed by atoms with Gasteiger partial charge < -0.3 is 14.7 Å². The molecule has 154 valence electrons. The monoisotopic (exact) mass is 422 g/mol. The maximum Gasteiger partial charge on any atom is 0.232 e. The summed E-state index contributed by atoms with van der Waals surface area (Å²) in [6.07, 6.45) is 2.43. The fraction of sp³-hybridized carbons (Fsp3) is 0.250. The Morgan fingerprint density at radius 2 is 1.97 bits per heavy atom. The molecule has 1 unspecified atom stereocenters. The molecule has 1 aliphatic rings. The average molecular weight is 423 g/mol. The Bertz CT molecular complexity index is 1050. The number of aromatic nitrogens is 1. The van der Waals surface area contributed by atoms with Crippen LogP contribution >= 0.6 is 11.6 Å². The lowest BCUT2D eigenvalue weighted by molar-refractivity contribution is 0.103. The van der Waals surface area contributed by atoms with Gasteiger partial charge in [0.25, 0.3) is 0 Å². The molecule has 4 rings (SSSR count). The minimum atomic E-state index is -0.140. The maximum absolute atomic E-state index is 12.8. The molecule has 0 radical (unpaired) electrons. The van der Waals surface area contributed by atoms with Crippen LogP contribution in [-0.4, -0.2) is 35.1 Å². The summed E-state index contributed by atoms with van der Waals surface area (Å²) < 4.78 is 5.96. The van der Waals surface area contributed by atoms with E-state index in [1.54, 1.807) is 24.4 Å². The predicted molar refractivity (Wildman–Crippen MR) is 117 cm³/mol. The Hall–Kier alpha value is -2.89. The van der Waals surface area contributed by atoms with Gasteiger partial charge in [0.2, 0.25) is 5.88 Å². The van der Waals surface area contributed by atoms with Crippen LogP contribution < -0.4 is 9.64 Å². The quantitative estimate of drug-likeness (QED) is 0.595. The number of nitrogens with zero attached hydrogens (tertiary/aromatic N) is 2. The van der Waals surface area contributed by atoms with Crippen molar-refractivity contribution in [3.8, 4) is 5.88 Å². The number of pyridine rings is 1. The molecule has 1 atom stereocenters. The van der Waals surface area contributed by atoms with E-state index in [1.165, 1.54) is 0 Å². The van der Waals surface area contributed by atoms with E-state index in [4.69, 9.17) is 16.3 Å². The average Bonchev–Trinajstić information content (AvgIpc) is 3.23. The number of aliphatic hydroxyl groups excluding tert-OH is 1. The van der Waals surface area contributed by atoms with Crippen molar-refractivity contribution in [1.29, 1.82) is 0 Å². The molecule has 6 heteroatoms. The van der Waals surface area contributed by atoms with Crippen molar-refractivity contribution in [1.82, 2.24) is 4.98 Å². The predicted octanol–water partition coefficient (Wildman–Crippen LogP) is 4.42. The molecular weight excluding hydrogens is 400 g/mol. The fourth-order valence-electron chi connectivity index (χ4n) is 3.69. The molecule has 2 heterocycles. The highest BCUT2D eigenvalue weighted by atomic mass is 35.5. The number of carbonyl (C=O) groups is 1. The van der Waals surface area contributed by atoms with Gasteiger partial charge in [0.05, 0.1) is 13.2 Å². The number of rotatable bonds is 6. The molecule has 1 aliphatic heterocycles. The molecule has 1 N–H and O–H groups in total. The number of halogens is 1. The van der Waals surface area contributed by atoms with E-state index in [0.717, 1.165) is 29.8 Å². The minimum Gasteiger partial charge on any atom is -0.471 e. The lowest BCUT2D eigenvalue weighted by atomic mass is 9.99. The van der Waals surface area contributed by atoms with E-state index in [2.05, 4.69) is 9.88 Å². The molecule has 1 fully saturated rings. The fourth-order valence-corrected chi connectivity index (χ4v) is 3.86. The Balaban J connectivity index is 1.50. The van der Waals surface area contributed by atoms with E-state index in [9.17, 15) is 9.90 Å². The highest BCUT2D eigenvalue weighted by molar-refractivity contribution is 6.31. The second-order valence-corrected chi connectivity index (χ2v) is 7.87. The van der Waals surface area contributed by atoms with Crippen molar-refractivity contribution >= 4 is 23.1 Å². The third-order valence-electron chi connectivity index (χ3n) is 5.31. The van der Waals surface area contributed by atoms with Gasteiger partial charge in [0.1, 0.15) is 11.1 Å². The summed E-state index contributed by atoms with van der Waals surface area (Å²) in [7, 11) is 0. The number of aryl methyl sites for hydroxylation is 1. The van der Waals surface area contributed by atoms with E-state index in [1.807, 2.05) is 43.3 Å². The molecule has 5 nitrogen and oxygen atoms in total. The van der Waals surface area contributed by atoms with Crippen LogP contribution in [0.4, 0.5) is 5.69 Å². The van der Waals surface area contributed by atoms with Crippen molar-refractivity contribution in [2.45, 2.75) is 26.1 Å². The van der Waals surface area contributed by atoms with Gasteiger partial charge in [-0.3, -0.25) is 4.79 Å². The number of hydrogen-bond donors (Lipinski definition) is 1. The van der Waals surface area contributed by atoms with Gasteiger partial charge in [-0.05, 0) is 37.3 Å². The normalized spacial score (nSPS) is 16.0. The van der Waals surface area contributed by atoms with Gasteiger partial charge in [-0.15, -0.1) is 0 Å². The Morgan fingerprint density at radius 3 is 2.70 bits per heavy atom. The van der Waals surface area contributed by atoms with E-state index in [0.29, 0.717) is 28.6 Å². The van der Waals surface area contributed by atoms with Crippen molar-refractivity contribution in [3.05, 3.63) is 88.1 Å². The number of carbonyl (C=O) groups excluding carboxylic acids is 1. The maximum atomic E-state index is 12.8. The number of ketones is 1. The first-order valence-electron chi connectivity index (χ1n) is 9.92. The van der Waals surface area contributed by atoms with Crippen molar-refractivity contribution < 1.29 is 14.6 Å². The number of aliphatic hydroxyl groups is 1. The molecule has 0 spiro atoms. The Morgan fingerprint density at radius 1 is 1.20 bits per heavy atom. The summed E-state index contributed by atoms with van der Waals surface area (Å²) in [4.78, 5) is 19.2. The van der Waals surface area contributed by atoms with Gasteiger partial charge in [-0.25, -0.2) is 4.98 Å². The topological polar surface area (TPSA) is 62.7 Å². The van der Waals surface area contributed by atoms with Crippen LogP contribution in [0.2, 0.25) is 5.02 Å².